The van der Waals surface area contributed by atoms with Gasteiger partial charge in [-0.25, -0.2) is 0 Å². The minimum absolute atomic E-state index is 0.0781. The van der Waals surface area contributed by atoms with Crippen LogP contribution in [0.3, 0.4) is 0 Å². The Morgan fingerprint density at radius 3 is 2.83 bits per heavy atom. The molecule has 100 valence electrons. The highest BCUT2D eigenvalue weighted by Gasteiger charge is 2.25. The molecule has 0 amide bonds. The summed E-state index contributed by atoms with van der Waals surface area (Å²) in [4.78, 5) is 0. The van der Waals surface area contributed by atoms with E-state index in [0.29, 0.717) is 0 Å². The Hall–Kier alpha value is -0.540. The molecule has 1 unspecified atom stereocenters. The fraction of sp³-hybridized carbons (Fsp3) is 0.600. The molecule has 18 heavy (non-hydrogen) atoms. The van der Waals surface area contributed by atoms with Crippen LogP contribution in [0.15, 0.2) is 16.6 Å². The minimum Gasteiger partial charge on any atom is -0.493 e. The number of hydrogen-bond donors (Lipinski definition) is 1. The van der Waals surface area contributed by atoms with Crippen LogP contribution in [0.25, 0.3) is 0 Å². The molecule has 1 atom stereocenters. The van der Waals surface area contributed by atoms with Crippen LogP contribution in [0.5, 0.6) is 5.75 Å². The summed E-state index contributed by atoms with van der Waals surface area (Å²) in [6, 6.07) is 4.29. The molecule has 0 aliphatic carbocycles. The van der Waals surface area contributed by atoms with Gasteiger partial charge in [-0.2, -0.15) is 0 Å². The molecule has 2 nitrogen and oxygen atoms in total. The van der Waals surface area contributed by atoms with E-state index < -0.39 is 0 Å². The maximum Gasteiger partial charge on any atom is 0.125 e. The van der Waals surface area contributed by atoms with Gasteiger partial charge in [-0.05, 0) is 48.4 Å². The number of hydrogen-bond acceptors (Lipinski definition) is 2. The summed E-state index contributed by atoms with van der Waals surface area (Å²) in [5.41, 5.74) is 2.63. The van der Waals surface area contributed by atoms with Gasteiger partial charge in [0.1, 0.15) is 5.75 Å². The number of benzene rings is 1. The Bertz CT molecular complexity index is 438. The van der Waals surface area contributed by atoms with Crippen molar-refractivity contribution in [1.29, 1.82) is 0 Å². The van der Waals surface area contributed by atoms with Crippen molar-refractivity contribution in [3.8, 4) is 5.75 Å². The van der Waals surface area contributed by atoms with Crippen LogP contribution in [0, 0.1) is 5.41 Å². The Labute approximate surface area is 117 Å². The van der Waals surface area contributed by atoms with Crippen molar-refractivity contribution >= 4 is 15.9 Å². The average molecular weight is 313 g/mol. The van der Waals surface area contributed by atoms with Crippen LogP contribution >= 0.6 is 15.9 Å². The van der Waals surface area contributed by atoms with Gasteiger partial charge in [0.25, 0.3) is 0 Å². The average Bonchev–Trinajstić information content (AvgIpc) is 2.61. The van der Waals surface area contributed by atoms with Gasteiger partial charge in [-0.3, -0.25) is 0 Å². The van der Waals surface area contributed by atoms with Gasteiger partial charge in [0, 0.05) is 10.9 Å². The molecule has 2 rings (SSSR count). The molecule has 0 bridgehead atoms. The van der Waals surface area contributed by atoms with Crippen molar-refractivity contribution < 1.29 is 9.84 Å². The second-order valence-electron chi connectivity index (χ2n) is 6.05. The molecular weight excluding hydrogens is 292 g/mol. The first-order valence-corrected chi connectivity index (χ1v) is 7.29. The van der Waals surface area contributed by atoms with Gasteiger partial charge in [0.05, 0.1) is 12.7 Å². The lowest BCUT2D eigenvalue weighted by Gasteiger charge is -2.27. The third-order valence-electron chi connectivity index (χ3n) is 3.34. The van der Waals surface area contributed by atoms with Crippen LogP contribution in [0.2, 0.25) is 0 Å². The largest absolute Gasteiger partial charge is 0.493 e. The molecule has 1 aliphatic heterocycles. The van der Waals surface area contributed by atoms with E-state index in [1.165, 1.54) is 11.1 Å². The molecule has 1 N–H and O–H groups in total. The minimum atomic E-state index is -0.263. The third-order valence-corrected chi connectivity index (χ3v) is 3.80. The van der Waals surface area contributed by atoms with E-state index in [9.17, 15) is 5.11 Å². The van der Waals surface area contributed by atoms with E-state index in [1.54, 1.807) is 0 Å². The van der Waals surface area contributed by atoms with Crippen LogP contribution in [-0.4, -0.2) is 17.8 Å². The molecule has 3 heteroatoms. The number of rotatable bonds is 4. The van der Waals surface area contributed by atoms with Gasteiger partial charge in [0.2, 0.25) is 0 Å². The standard InChI is InChI=1S/C15H21BrO2/c1-10(17)8-15(2,3)9-12-7-13(16)6-11-4-5-18-14(11)12/h6-7,10,17H,4-5,8-9H2,1-3H3. The molecule has 0 saturated heterocycles. The monoisotopic (exact) mass is 312 g/mol. The molecule has 0 saturated carbocycles. The van der Waals surface area contributed by atoms with Crippen LogP contribution in [-0.2, 0) is 12.8 Å². The summed E-state index contributed by atoms with van der Waals surface area (Å²) in [5.74, 6) is 1.07. The zero-order valence-electron chi connectivity index (χ0n) is 11.3. The molecule has 1 aromatic rings. The first-order chi connectivity index (χ1) is 8.37. The number of aliphatic hydroxyl groups is 1. The molecule has 0 spiro atoms. The predicted molar refractivity (Wildman–Crippen MR) is 77.1 cm³/mol. The maximum absolute atomic E-state index is 9.57. The first kappa shape index (κ1) is 13.9. The second kappa shape index (κ2) is 5.22. The number of ether oxygens (including phenoxy) is 1. The smallest absolute Gasteiger partial charge is 0.125 e. The van der Waals surface area contributed by atoms with Gasteiger partial charge in [-0.1, -0.05) is 29.8 Å². The lowest BCUT2D eigenvalue weighted by atomic mass is 9.80. The van der Waals surface area contributed by atoms with Crippen molar-refractivity contribution in [3.05, 3.63) is 27.7 Å². The molecule has 1 aromatic carbocycles. The van der Waals surface area contributed by atoms with Gasteiger partial charge in [0.15, 0.2) is 0 Å². The van der Waals surface area contributed by atoms with E-state index >= 15 is 0 Å². The predicted octanol–water partition coefficient (Wildman–Crippen LogP) is 3.72. The normalized spacial score (nSPS) is 16.3. The quantitative estimate of drug-likeness (QED) is 0.918. The van der Waals surface area contributed by atoms with Crippen LogP contribution in [0.1, 0.15) is 38.3 Å². The summed E-state index contributed by atoms with van der Waals surface area (Å²) in [6.45, 7) is 7.03. The van der Waals surface area contributed by atoms with E-state index in [4.69, 9.17) is 4.74 Å². The Morgan fingerprint density at radius 2 is 2.17 bits per heavy atom. The summed E-state index contributed by atoms with van der Waals surface area (Å²) < 4.78 is 6.87. The summed E-state index contributed by atoms with van der Waals surface area (Å²) in [7, 11) is 0. The zero-order valence-corrected chi connectivity index (χ0v) is 12.9. The number of aliphatic hydroxyl groups excluding tert-OH is 1. The highest BCUT2D eigenvalue weighted by Crippen LogP contribution is 2.38. The van der Waals surface area contributed by atoms with Gasteiger partial charge in [-0.15, -0.1) is 0 Å². The van der Waals surface area contributed by atoms with Crippen molar-refractivity contribution in [1.82, 2.24) is 0 Å². The molecule has 0 fully saturated rings. The number of fused-ring (bicyclic) bond motifs is 1. The lowest BCUT2D eigenvalue weighted by Crippen LogP contribution is -2.21. The SMILES string of the molecule is CC(O)CC(C)(C)Cc1cc(Br)cc2c1OCC2. The Kier molecular flexibility index (Phi) is 4.02. The summed E-state index contributed by atoms with van der Waals surface area (Å²) in [5, 5.41) is 9.57. The summed E-state index contributed by atoms with van der Waals surface area (Å²) >= 11 is 3.57. The van der Waals surface area contributed by atoms with Crippen molar-refractivity contribution in [2.75, 3.05) is 6.61 Å². The van der Waals surface area contributed by atoms with Crippen molar-refractivity contribution in [2.45, 2.75) is 46.1 Å². The first-order valence-electron chi connectivity index (χ1n) is 6.49. The third kappa shape index (κ3) is 3.27. The second-order valence-corrected chi connectivity index (χ2v) is 6.96. The van der Waals surface area contributed by atoms with E-state index in [-0.39, 0.29) is 11.5 Å². The maximum atomic E-state index is 9.57. The Balaban J connectivity index is 2.24. The summed E-state index contributed by atoms with van der Waals surface area (Å²) in [6.07, 6.45) is 2.47. The van der Waals surface area contributed by atoms with Crippen LogP contribution in [0.4, 0.5) is 0 Å². The van der Waals surface area contributed by atoms with Crippen LogP contribution < -0.4 is 4.74 Å². The van der Waals surface area contributed by atoms with Gasteiger partial charge >= 0.3 is 0 Å². The highest BCUT2D eigenvalue weighted by molar-refractivity contribution is 9.10. The van der Waals surface area contributed by atoms with E-state index in [2.05, 4.69) is 41.9 Å². The molecule has 0 radical (unpaired) electrons. The van der Waals surface area contributed by atoms with Crippen molar-refractivity contribution in [2.24, 2.45) is 5.41 Å². The fourth-order valence-electron chi connectivity index (χ4n) is 2.86. The number of halogens is 1. The molecule has 0 aromatic heterocycles. The van der Waals surface area contributed by atoms with Gasteiger partial charge < -0.3 is 9.84 Å². The van der Waals surface area contributed by atoms with E-state index in [1.807, 2.05) is 6.92 Å². The molecular formula is C15H21BrO2. The molecule has 1 aliphatic rings. The molecule has 1 heterocycles. The topological polar surface area (TPSA) is 29.5 Å². The Morgan fingerprint density at radius 1 is 1.44 bits per heavy atom. The van der Waals surface area contributed by atoms with Crippen molar-refractivity contribution in [3.63, 3.8) is 0 Å². The zero-order chi connectivity index (χ0) is 13.3. The highest BCUT2D eigenvalue weighted by atomic mass is 79.9. The fourth-order valence-corrected chi connectivity index (χ4v) is 3.42. The van der Waals surface area contributed by atoms with E-state index in [0.717, 1.165) is 36.1 Å². The lowest BCUT2D eigenvalue weighted by molar-refractivity contribution is 0.129.